The summed E-state index contributed by atoms with van der Waals surface area (Å²) in [4.78, 5) is 2.25. The van der Waals surface area contributed by atoms with Gasteiger partial charge in [-0.3, -0.25) is 0 Å². The van der Waals surface area contributed by atoms with Crippen LogP contribution in [0.5, 0.6) is 0 Å². The first kappa shape index (κ1) is 15.8. The number of nitrogens with one attached hydrogen (secondary N) is 1. The normalized spacial score (nSPS) is 12.4. The third kappa shape index (κ3) is 11.9. The molecule has 0 aromatic carbocycles. The quantitative estimate of drug-likeness (QED) is 0.601. The number of rotatable bonds is 9. The van der Waals surface area contributed by atoms with E-state index in [0.717, 1.165) is 39.4 Å². The van der Waals surface area contributed by atoms with Gasteiger partial charge in [-0.1, -0.05) is 0 Å². The van der Waals surface area contributed by atoms with E-state index < -0.39 is 0 Å². The number of ether oxygens (including phenoxy) is 2. The van der Waals surface area contributed by atoms with Crippen LogP contribution in [0.15, 0.2) is 0 Å². The van der Waals surface area contributed by atoms with Crippen LogP contribution in [0.2, 0.25) is 0 Å². The zero-order valence-corrected chi connectivity index (χ0v) is 11.5. The molecule has 4 nitrogen and oxygen atoms in total. The molecule has 0 bridgehead atoms. The molecule has 0 rings (SSSR count). The first-order valence-electron chi connectivity index (χ1n) is 5.98. The van der Waals surface area contributed by atoms with Gasteiger partial charge in [-0.25, -0.2) is 0 Å². The lowest BCUT2D eigenvalue weighted by Gasteiger charge is -2.20. The third-order valence-electron chi connectivity index (χ3n) is 2.16. The van der Waals surface area contributed by atoms with Crippen LogP contribution < -0.4 is 5.32 Å². The summed E-state index contributed by atoms with van der Waals surface area (Å²) < 4.78 is 10.6. The molecular formula is C12H28N2O2. The molecule has 0 unspecified atom stereocenters. The Bertz CT molecular complexity index is 158. The van der Waals surface area contributed by atoms with E-state index in [9.17, 15) is 0 Å². The van der Waals surface area contributed by atoms with Crippen LogP contribution in [-0.2, 0) is 9.47 Å². The van der Waals surface area contributed by atoms with Crippen LogP contribution in [0.4, 0.5) is 0 Å². The Morgan fingerprint density at radius 2 is 1.75 bits per heavy atom. The van der Waals surface area contributed by atoms with Crippen molar-refractivity contribution >= 4 is 0 Å². The van der Waals surface area contributed by atoms with Gasteiger partial charge >= 0.3 is 0 Å². The molecule has 0 fully saturated rings. The van der Waals surface area contributed by atoms with Gasteiger partial charge in [-0.15, -0.1) is 0 Å². The molecule has 0 saturated heterocycles. The van der Waals surface area contributed by atoms with Crippen LogP contribution in [0.1, 0.15) is 20.8 Å². The molecule has 4 heteroatoms. The van der Waals surface area contributed by atoms with E-state index in [1.807, 2.05) is 0 Å². The fourth-order valence-electron chi connectivity index (χ4n) is 1.18. The molecule has 0 heterocycles. The Kier molecular flexibility index (Phi) is 8.84. The Labute approximate surface area is 100 Å². The van der Waals surface area contributed by atoms with Crippen molar-refractivity contribution in [1.82, 2.24) is 10.2 Å². The van der Waals surface area contributed by atoms with Crippen molar-refractivity contribution in [1.29, 1.82) is 0 Å². The van der Waals surface area contributed by atoms with Gasteiger partial charge in [-0.05, 0) is 27.8 Å². The van der Waals surface area contributed by atoms with E-state index >= 15 is 0 Å². The molecule has 0 saturated carbocycles. The van der Waals surface area contributed by atoms with Crippen LogP contribution in [-0.4, -0.2) is 64.1 Å². The Hall–Kier alpha value is -0.160. The zero-order valence-electron chi connectivity index (χ0n) is 11.5. The fraction of sp³-hybridized carbons (Fsp3) is 1.00. The Balaban J connectivity index is 3.20. The van der Waals surface area contributed by atoms with Crippen molar-refractivity contribution in [3.8, 4) is 0 Å². The van der Waals surface area contributed by atoms with Crippen molar-refractivity contribution in [2.75, 3.05) is 53.6 Å². The molecule has 16 heavy (non-hydrogen) atoms. The lowest BCUT2D eigenvalue weighted by Crippen LogP contribution is -2.33. The van der Waals surface area contributed by atoms with Gasteiger partial charge in [-0.2, -0.15) is 0 Å². The maximum absolute atomic E-state index is 5.61. The van der Waals surface area contributed by atoms with Crippen LogP contribution in [0.25, 0.3) is 0 Å². The van der Waals surface area contributed by atoms with E-state index in [-0.39, 0.29) is 5.60 Å². The van der Waals surface area contributed by atoms with Gasteiger partial charge < -0.3 is 19.7 Å². The van der Waals surface area contributed by atoms with Crippen molar-refractivity contribution in [3.63, 3.8) is 0 Å². The highest BCUT2D eigenvalue weighted by atomic mass is 16.5. The van der Waals surface area contributed by atoms with E-state index in [2.05, 4.69) is 38.0 Å². The largest absolute Gasteiger partial charge is 0.383 e. The second-order valence-electron chi connectivity index (χ2n) is 5.01. The lowest BCUT2D eigenvalue weighted by atomic mass is 10.2. The summed E-state index contributed by atoms with van der Waals surface area (Å²) in [6.45, 7) is 11.7. The van der Waals surface area contributed by atoms with Gasteiger partial charge in [0.05, 0.1) is 18.8 Å². The van der Waals surface area contributed by atoms with Crippen LogP contribution in [0, 0.1) is 0 Å². The third-order valence-corrected chi connectivity index (χ3v) is 2.16. The molecule has 0 radical (unpaired) electrons. The second-order valence-corrected chi connectivity index (χ2v) is 5.01. The van der Waals surface area contributed by atoms with Crippen LogP contribution >= 0.6 is 0 Å². The highest BCUT2D eigenvalue weighted by molar-refractivity contribution is 4.60. The molecule has 0 aromatic rings. The van der Waals surface area contributed by atoms with Crippen molar-refractivity contribution in [2.24, 2.45) is 0 Å². The molecule has 0 atom stereocenters. The van der Waals surface area contributed by atoms with E-state index in [0.29, 0.717) is 0 Å². The first-order valence-corrected chi connectivity index (χ1v) is 5.98. The van der Waals surface area contributed by atoms with Gasteiger partial charge in [0.2, 0.25) is 0 Å². The van der Waals surface area contributed by atoms with E-state index in [4.69, 9.17) is 9.47 Å². The van der Waals surface area contributed by atoms with E-state index in [1.165, 1.54) is 0 Å². The highest BCUT2D eigenvalue weighted by Gasteiger charge is 2.08. The minimum absolute atomic E-state index is 0.0308. The molecular weight excluding hydrogens is 204 g/mol. The summed E-state index contributed by atoms with van der Waals surface area (Å²) >= 11 is 0. The summed E-state index contributed by atoms with van der Waals surface area (Å²) in [6.07, 6.45) is 0. The molecule has 0 aliphatic heterocycles. The highest BCUT2D eigenvalue weighted by Crippen LogP contribution is 2.04. The minimum atomic E-state index is -0.0308. The lowest BCUT2D eigenvalue weighted by molar-refractivity contribution is -0.000875. The number of nitrogens with zero attached hydrogens (tertiary/aromatic N) is 1. The summed E-state index contributed by atoms with van der Waals surface area (Å²) in [6, 6.07) is 0. The van der Waals surface area contributed by atoms with Gasteiger partial charge in [0.25, 0.3) is 0 Å². The molecule has 0 aromatic heterocycles. The summed E-state index contributed by atoms with van der Waals surface area (Å²) in [7, 11) is 3.84. The van der Waals surface area contributed by atoms with E-state index in [1.54, 1.807) is 7.11 Å². The van der Waals surface area contributed by atoms with Crippen LogP contribution in [0.3, 0.4) is 0 Å². The maximum atomic E-state index is 5.61. The Morgan fingerprint density at radius 1 is 1.06 bits per heavy atom. The molecule has 98 valence electrons. The summed E-state index contributed by atoms with van der Waals surface area (Å²) in [5, 5.41) is 3.36. The number of likely N-dealkylation sites (N-methyl/N-ethyl adjacent to an activating group) is 1. The molecule has 0 aliphatic carbocycles. The molecule has 0 spiro atoms. The second kappa shape index (κ2) is 8.93. The minimum Gasteiger partial charge on any atom is -0.383 e. The SMILES string of the molecule is COCCN(C)CCNCCOC(C)(C)C. The first-order chi connectivity index (χ1) is 7.45. The smallest absolute Gasteiger partial charge is 0.0599 e. The zero-order chi connectivity index (χ0) is 12.4. The summed E-state index contributed by atoms with van der Waals surface area (Å²) in [5.41, 5.74) is -0.0308. The monoisotopic (exact) mass is 232 g/mol. The standard InChI is InChI=1S/C12H28N2O2/c1-12(2,3)16-10-7-13-6-8-14(4)9-11-15-5/h13H,6-11H2,1-5H3. The van der Waals surface area contributed by atoms with Crippen molar-refractivity contribution < 1.29 is 9.47 Å². The number of methoxy groups -OCH3 is 1. The Morgan fingerprint density at radius 3 is 2.31 bits per heavy atom. The average molecular weight is 232 g/mol. The predicted octanol–water partition coefficient (Wildman–Crippen LogP) is 0.969. The van der Waals surface area contributed by atoms with Gasteiger partial charge in [0.1, 0.15) is 0 Å². The van der Waals surface area contributed by atoms with Gasteiger partial charge in [0.15, 0.2) is 0 Å². The average Bonchev–Trinajstić information content (AvgIpc) is 2.18. The summed E-state index contributed by atoms with van der Waals surface area (Å²) in [5.74, 6) is 0. The molecule has 0 amide bonds. The molecule has 0 aliphatic rings. The number of hydrogen-bond acceptors (Lipinski definition) is 4. The van der Waals surface area contributed by atoms with Gasteiger partial charge in [0, 0.05) is 33.3 Å². The predicted molar refractivity (Wildman–Crippen MR) is 67.9 cm³/mol. The topological polar surface area (TPSA) is 33.7 Å². The van der Waals surface area contributed by atoms with Crippen molar-refractivity contribution in [2.45, 2.75) is 26.4 Å². The molecule has 1 N–H and O–H groups in total. The fourth-order valence-corrected chi connectivity index (χ4v) is 1.18. The van der Waals surface area contributed by atoms with Crippen molar-refractivity contribution in [3.05, 3.63) is 0 Å². The maximum Gasteiger partial charge on any atom is 0.0599 e. The number of hydrogen-bond donors (Lipinski definition) is 1.